The molecule has 3 aromatic rings. The number of hydrogen-bond donors (Lipinski definition) is 2. The maximum Gasteiger partial charge on any atom is 0.273 e. The van der Waals surface area contributed by atoms with Gasteiger partial charge in [0.2, 0.25) is 0 Å². The van der Waals surface area contributed by atoms with Crippen molar-refractivity contribution in [2.24, 2.45) is 5.92 Å². The molecule has 0 radical (unpaired) electrons. The molecule has 0 unspecified atom stereocenters. The Morgan fingerprint density at radius 3 is 2.73 bits per heavy atom. The first-order chi connectivity index (χ1) is 12.7. The highest BCUT2D eigenvalue weighted by Crippen LogP contribution is 2.31. The van der Waals surface area contributed by atoms with Crippen LogP contribution in [0.4, 0.5) is 0 Å². The number of nitrogens with zero attached hydrogens (tertiary/aromatic N) is 3. The summed E-state index contributed by atoms with van der Waals surface area (Å²) in [6.07, 6.45) is 2.65. The number of carbonyl (C=O) groups excluding carboxylic acids is 1. The van der Waals surface area contributed by atoms with Gasteiger partial charge in [0, 0.05) is 24.1 Å². The third-order valence-electron chi connectivity index (χ3n) is 4.48. The summed E-state index contributed by atoms with van der Waals surface area (Å²) in [7, 11) is 0. The first kappa shape index (κ1) is 16.9. The molecule has 2 heterocycles. The number of amides is 1. The molecule has 0 saturated heterocycles. The van der Waals surface area contributed by atoms with E-state index in [0.717, 1.165) is 29.8 Å². The van der Waals surface area contributed by atoms with Crippen molar-refractivity contribution in [3.8, 4) is 11.3 Å². The lowest BCUT2D eigenvalue weighted by atomic mass is 9.78. The Balaban J connectivity index is 1.28. The first-order valence-corrected chi connectivity index (χ1v) is 9.28. The van der Waals surface area contributed by atoms with Crippen molar-refractivity contribution in [2.45, 2.75) is 31.9 Å². The minimum absolute atomic E-state index is 0.0658. The molecule has 4 rings (SSSR count). The average molecular weight is 370 g/mol. The van der Waals surface area contributed by atoms with Gasteiger partial charge in [0.05, 0.1) is 6.61 Å². The molecule has 0 spiro atoms. The second kappa shape index (κ2) is 7.35. The lowest BCUT2D eigenvalue weighted by Crippen LogP contribution is -2.45. The summed E-state index contributed by atoms with van der Waals surface area (Å²) in [4.78, 5) is 12.3. The van der Waals surface area contributed by atoms with Crippen molar-refractivity contribution in [1.29, 1.82) is 0 Å². The summed E-state index contributed by atoms with van der Waals surface area (Å²) in [5.74, 6) is 0.855. The average Bonchev–Trinajstić information content (AvgIpc) is 3.30. The largest absolute Gasteiger partial charge is 0.389 e. The fourth-order valence-electron chi connectivity index (χ4n) is 3.08. The molecule has 1 aromatic carbocycles. The monoisotopic (exact) mass is 370 g/mol. The van der Waals surface area contributed by atoms with Crippen LogP contribution in [-0.4, -0.2) is 32.4 Å². The predicted molar refractivity (Wildman–Crippen MR) is 95.5 cm³/mol. The number of aliphatic hydroxyl groups excluding tert-OH is 1. The first-order valence-electron chi connectivity index (χ1n) is 8.46. The van der Waals surface area contributed by atoms with Gasteiger partial charge in [-0.05, 0) is 18.8 Å². The van der Waals surface area contributed by atoms with Gasteiger partial charge in [-0.1, -0.05) is 46.8 Å². The highest BCUT2D eigenvalue weighted by atomic mass is 32.1. The topological polar surface area (TPSA) is 101 Å². The molecular weight excluding hydrogens is 352 g/mol. The van der Waals surface area contributed by atoms with E-state index in [2.05, 4.69) is 20.7 Å². The number of benzene rings is 1. The van der Waals surface area contributed by atoms with Gasteiger partial charge in [0.25, 0.3) is 5.91 Å². The van der Waals surface area contributed by atoms with Gasteiger partial charge >= 0.3 is 0 Å². The van der Waals surface area contributed by atoms with Crippen LogP contribution in [0.2, 0.25) is 0 Å². The third-order valence-corrected chi connectivity index (χ3v) is 5.41. The van der Waals surface area contributed by atoms with Gasteiger partial charge in [-0.3, -0.25) is 4.79 Å². The van der Waals surface area contributed by atoms with E-state index in [-0.39, 0.29) is 18.6 Å². The lowest BCUT2D eigenvalue weighted by molar-refractivity contribution is 0.0880. The summed E-state index contributed by atoms with van der Waals surface area (Å²) in [5.41, 5.74) is 1.19. The summed E-state index contributed by atoms with van der Waals surface area (Å²) < 4.78 is 5.27. The van der Waals surface area contributed by atoms with Crippen LogP contribution in [0.1, 0.15) is 33.3 Å². The second-order valence-corrected chi connectivity index (χ2v) is 7.55. The summed E-state index contributed by atoms with van der Waals surface area (Å²) in [5, 5.41) is 25.5. The van der Waals surface area contributed by atoms with E-state index in [1.165, 1.54) is 11.3 Å². The number of aliphatic hydroxyl groups is 1. The highest BCUT2D eigenvalue weighted by molar-refractivity contribution is 7.11. The lowest BCUT2D eigenvalue weighted by Gasteiger charge is -2.35. The second-order valence-electron chi connectivity index (χ2n) is 6.40. The fourth-order valence-corrected chi connectivity index (χ4v) is 3.90. The minimum atomic E-state index is -0.210. The molecule has 26 heavy (non-hydrogen) atoms. The summed E-state index contributed by atoms with van der Waals surface area (Å²) in [6, 6.07) is 11.4. The van der Waals surface area contributed by atoms with Crippen molar-refractivity contribution >= 4 is 17.2 Å². The SMILES string of the molecule is O=C(N[C@H]1C[C@H](Cc2nnc(CO)s2)C1)c1cc(-c2ccccc2)on1. The van der Waals surface area contributed by atoms with Crippen molar-refractivity contribution in [3.05, 3.63) is 52.1 Å². The van der Waals surface area contributed by atoms with Crippen molar-refractivity contribution in [2.75, 3.05) is 0 Å². The van der Waals surface area contributed by atoms with Crippen molar-refractivity contribution < 1.29 is 14.4 Å². The normalized spacial score (nSPS) is 19.1. The zero-order chi connectivity index (χ0) is 17.9. The number of rotatable bonds is 6. The molecule has 1 aliphatic rings. The Bertz CT molecular complexity index is 887. The quantitative estimate of drug-likeness (QED) is 0.691. The molecule has 1 saturated carbocycles. The van der Waals surface area contributed by atoms with Crippen LogP contribution in [-0.2, 0) is 13.0 Å². The van der Waals surface area contributed by atoms with E-state index < -0.39 is 0 Å². The van der Waals surface area contributed by atoms with Crippen LogP contribution in [0, 0.1) is 5.92 Å². The van der Waals surface area contributed by atoms with Gasteiger partial charge < -0.3 is 14.9 Å². The molecule has 2 aromatic heterocycles. The van der Waals surface area contributed by atoms with E-state index in [1.807, 2.05) is 30.3 Å². The highest BCUT2D eigenvalue weighted by Gasteiger charge is 2.32. The summed E-state index contributed by atoms with van der Waals surface area (Å²) >= 11 is 1.44. The van der Waals surface area contributed by atoms with Gasteiger partial charge in [-0.15, -0.1) is 10.2 Å². The van der Waals surface area contributed by atoms with E-state index in [1.54, 1.807) is 6.07 Å². The van der Waals surface area contributed by atoms with E-state index in [9.17, 15) is 4.79 Å². The fraction of sp³-hybridized carbons (Fsp3) is 0.333. The van der Waals surface area contributed by atoms with E-state index in [4.69, 9.17) is 9.63 Å². The van der Waals surface area contributed by atoms with Crippen molar-refractivity contribution in [1.82, 2.24) is 20.7 Å². The molecule has 0 aliphatic heterocycles. The number of nitrogens with one attached hydrogen (secondary N) is 1. The predicted octanol–water partition coefficient (Wildman–Crippen LogP) is 2.44. The van der Waals surface area contributed by atoms with Gasteiger partial charge in [0.1, 0.15) is 10.0 Å². The number of aromatic nitrogens is 3. The smallest absolute Gasteiger partial charge is 0.273 e. The van der Waals surface area contributed by atoms with Gasteiger partial charge in [-0.2, -0.15) is 0 Å². The summed E-state index contributed by atoms with van der Waals surface area (Å²) in [6.45, 7) is -0.0658. The Labute approximate surface area is 154 Å². The van der Waals surface area contributed by atoms with Crippen LogP contribution in [0.15, 0.2) is 40.9 Å². The zero-order valence-electron chi connectivity index (χ0n) is 14.0. The molecule has 1 amide bonds. The van der Waals surface area contributed by atoms with Crippen molar-refractivity contribution in [3.63, 3.8) is 0 Å². The molecule has 0 atom stereocenters. The Kier molecular flexibility index (Phi) is 4.77. The molecule has 1 aliphatic carbocycles. The Morgan fingerprint density at radius 2 is 2.00 bits per heavy atom. The molecule has 2 N–H and O–H groups in total. The van der Waals surface area contributed by atoms with Crippen LogP contribution < -0.4 is 5.32 Å². The van der Waals surface area contributed by atoms with Gasteiger partial charge in [0.15, 0.2) is 11.5 Å². The number of hydrogen-bond acceptors (Lipinski definition) is 7. The molecule has 0 bridgehead atoms. The van der Waals surface area contributed by atoms with Crippen LogP contribution >= 0.6 is 11.3 Å². The molecule has 1 fully saturated rings. The minimum Gasteiger partial charge on any atom is -0.389 e. The molecule has 134 valence electrons. The van der Waals surface area contributed by atoms with E-state index in [0.29, 0.717) is 22.4 Å². The molecular formula is C18H18N4O3S. The van der Waals surface area contributed by atoms with E-state index >= 15 is 0 Å². The maximum absolute atomic E-state index is 12.3. The van der Waals surface area contributed by atoms with Crippen LogP contribution in [0.3, 0.4) is 0 Å². The molecule has 7 nitrogen and oxygen atoms in total. The standard InChI is InChI=1S/C18H18N4O3S/c23-10-17-21-20-16(26-17)8-11-6-13(7-11)19-18(24)14-9-15(25-22-14)12-4-2-1-3-5-12/h1-5,9,11,13,23H,6-8,10H2,(H,19,24)/t11-,13-. The Hall–Kier alpha value is -2.58. The molecule has 8 heteroatoms. The number of carbonyl (C=O) groups is 1. The van der Waals surface area contributed by atoms with Crippen LogP contribution in [0.25, 0.3) is 11.3 Å². The maximum atomic E-state index is 12.3. The van der Waals surface area contributed by atoms with Gasteiger partial charge in [-0.25, -0.2) is 0 Å². The Morgan fingerprint density at radius 1 is 1.23 bits per heavy atom. The zero-order valence-corrected chi connectivity index (χ0v) is 14.8. The third kappa shape index (κ3) is 3.66. The van der Waals surface area contributed by atoms with Crippen LogP contribution in [0.5, 0.6) is 0 Å².